The molecule has 174 valence electrons. The summed E-state index contributed by atoms with van der Waals surface area (Å²) >= 11 is 12.0. The highest BCUT2D eigenvalue weighted by Gasteiger charge is 2.19. The maximum absolute atomic E-state index is 12.4. The van der Waals surface area contributed by atoms with E-state index in [0.717, 1.165) is 5.56 Å². The van der Waals surface area contributed by atoms with Gasteiger partial charge in [0.2, 0.25) is 0 Å². The monoisotopic (exact) mass is 496 g/mol. The number of nitrogens with one attached hydrogen (secondary N) is 1. The number of ether oxygens (including phenoxy) is 2. The van der Waals surface area contributed by atoms with Crippen molar-refractivity contribution in [2.45, 2.75) is 19.4 Å². The van der Waals surface area contributed by atoms with E-state index in [2.05, 4.69) is 10.5 Å². The van der Waals surface area contributed by atoms with Crippen molar-refractivity contribution in [3.05, 3.63) is 100 Å². The van der Waals surface area contributed by atoms with Gasteiger partial charge in [0.25, 0.3) is 5.91 Å². The first-order chi connectivity index (χ1) is 16.4. The fourth-order valence-electron chi connectivity index (χ4n) is 2.79. The molecular formula is C26H22Cl2N2O4. The maximum Gasteiger partial charge on any atom is 0.336 e. The molecule has 0 radical (unpaired) electrons. The van der Waals surface area contributed by atoms with E-state index in [0.29, 0.717) is 33.5 Å². The molecule has 1 atom stereocenters. The van der Waals surface area contributed by atoms with Crippen LogP contribution in [0.25, 0.3) is 6.08 Å². The van der Waals surface area contributed by atoms with E-state index >= 15 is 0 Å². The molecule has 3 aromatic rings. The summed E-state index contributed by atoms with van der Waals surface area (Å²) in [4.78, 5) is 24.4. The van der Waals surface area contributed by atoms with Crippen LogP contribution in [0.5, 0.6) is 11.5 Å². The van der Waals surface area contributed by atoms with Crippen LogP contribution in [-0.4, -0.2) is 24.2 Å². The largest absolute Gasteiger partial charge is 0.479 e. The van der Waals surface area contributed by atoms with Crippen LogP contribution in [0, 0.1) is 0 Å². The topological polar surface area (TPSA) is 77.0 Å². The van der Waals surface area contributed by atoms with E-state index < -0.39 is 18.0 Å². The predicted molar refractivity (Wildman–Crippen MR) is 134 cm³/mol. The molecule has 34 heavy (non-hydrogen) atoms. The molecule has 0 saturated carbocycles. The molecule has 8 heteroatoms. The van der Waals surface area contributed by atoms with Crippen molar-refractivity contribution in [1.29, 1.82) is 0 Å². The minimum Gasteiger partial charge on any atom is -0.479 e. The number of halogens is 2. The predicted octanol–water partition coefficient (Wildman–Crippen LogP) is 5.92. The Balaban J connectivity index is 1.50. The van der Waals surface area contributed by atoms with Crippen LogP contribution in [0.1, 0.15) is 24.5 Å². The van der Waals surface area contributed by atoms with E-state index in [9.17, 15) is 9.59 Å². The van der Waals surface area contributed by atoms with Gasteiger partial charge < -0.3 is 9.47 Å². The number of amides is 1. The Morgan fingerprint density at radius 1 is 1.00 bits per heavy atom. The maximum atomic E-state index is 12.4. The molecule has 0 aliphatic rings. The third kappa shape index (κ3) is 7.76. The highest BCUT2D eigenvalue weighted by Crippen LogP contribution is 2.28. The Morgan fingerprint density at radius 2 is 1.74 bits per heavy atom. The Morgan fingerprint density at radius 3 is 2.41 bits per heavy atom. The van der Waals surface area contributed by atoms with Gasteiger partial charge in [-0.3, -0.25) is 4.79 Å². The lowest BCUT2D eigenvalue weighted by Gasteiger charge is -2.16. The number of carbonyl (C=O) groups is 2. The van der Waals surface area contributed by atoms with Gasteiger partial charge >= 0.3 is 5.97 Å². The number of benzene rings is 3. The number of hydrogen-bond acceptors (Lipinski definition) is 5. The zero-order valence-corrected chi connectivity index (χ0v) is 19.8. The molecular weight excluding hydrogens is 475 g/mol. The molecule has 0 unspecified atom stereocenters. The van der Waals surface area contributed by atoms with Gasteiger partial charge in [-0.1, -0.05) is 60.5 Å². The minimum atomic E-state index is -0.776. The summed E-state index contributed by atoms with van der Waals surface area (Å²) in [5.41, 5.74) is 4.06. The summed E-state index contributed by atoms with van der Waals surface area (Å²) in [6.45, 7) is 1.81. The molecule has 0 aliphatic heterocycles. The second-order valence-corrected chi connectivity index (χ2v) is 7.90. The highest BCUT2D eigenvalue weighted by atomic mass is 35.5. The lowest BCUT2D eigenvalue weighted by Crippen LogP contribution is -2.35. The lowest BCUT2D eigenvalue weighted by atomic mass is 10.2. The Bertz CT molecular complexity index is 1180. The standard InChI is InChI=1S/C26H22Cl2N2O4/c1-2-23(34-24-14-11-20(27)16-22(24)28)26(32)30-29-17-19-8-12-21(13-9-19)33-25(31)15-10-18-6-4-3-5-7-18/h3-17,23H,2H2,1H3,(H,30,32)/b15-10+,29-17-/t23-/m0/s1. The van der Waals surface area contributed by atoms with Gasteiger partial charge in [0.1, 0.15) is 11.5 Å². The summed E-state index contributed by atoms with van der Waals surface area (Å²) < 4.78 is 11.0. The van der Waals surface area contributed by atoms with Gasteiger partial charge in [-0.15, -0.1) is 0 Å². The normalized spacial score (nSPS) is 12.0. The van der Waals surface area contributed by atoms with E-state index in [-0.39, 0.29) is 0 Å². The van der Waals surface area contributed by atoms with Crippen LogP contribution in [-0.2, 0) is 9.59 Å². The van der Waals surface area contributed by atoms with Crippen LogP contribution in [0.4, 0.5) is 0 Å². The third-order valence-corrected chi connectivity index (χ3v) is 5.06. The van der Waals surface area contributed by atoms with Crippen molar-refractivity contribution in [2.75, 3.05) is 0 Å². The molecule has 0 fully saturated rings. The summed E-state index contributed by atoms with van der Waals surface area (Å²) in [7, 11) is 0. The average molecular weight is 497 g/mol. The molecule has 3 rings (SSSR count). The van der Waals surface area contributed by atoms with Gasteiger partial charge in [-0.25, -0.2) is 10.2 Å². The van der Waals surface area contributed by atoms with Crippen LogP contribution in [0.2, 0.25) is 10.0 Å². The number of esters is 1. The average Bonchev–Trinajstić information content (AvgIpc) is 2.84. The SMILES string of the molecule is CC[C@H](Oc1ccc(Cl)cc1Cl)C(=O)N/N=C\c1ccc(OC(=O)/C=C/c2ccccc2)cc1. The minimum absolute atomic E-state index is 0.318. The molecule has 0 heterocycles. The van der Waals surface area contributed by atoms with Gasteiger partial charge in [0, 0.05) is 11.1 Å². The molecule has 0 saturated heterocycles. The van der Waals surface area contributed by atoms with Crippen molar-refractivity contribution < 1.29 is 19.1 Å². The third-order valence-electron chi connectivity index (χ3n) is 4.52. The molecule has 0 aliphatic carbocycles. The summed E-state index contributed by atoms with van der Waals surface area (Å²) in [5.74, 6) is -0.145. The van der Waals surface area contributed by atoms with Gasteiger partial charge in [0.15, 0.2) is 6.10 Å². The Hall–Kier alpha value is -3.61. The van der Waals surface area contributed by atoms with Crippen LogP contribution in [0.15, 0.2) is 84.0 Å². The van der Waals surface area contributed by atoms with Crippen LogP contribution in [0.3, 0.4) is 0 Å². The summed E-state index contributed by atoms with van der Waals surface area (Å²) in [5, 5.41) is 4.76. The molecule has 1 N–H and O–H groups in total. The zero-order valence-electron chi connectivity index (χ0n) is 18.3. The molecule has 3 aromatic carbocycles. The van der Waals surface area contributed by atoms with Gasteiger partial charge in [-0.05, 0) is 66.1 Å². The zero-order chi connectivity index (χ0) is 24.3. The fourth-order valence-corrected chi connectivity index (χ4v) is 3.24. The number of hydrazone groups is 1. The fraction of sp³-hybridized carbons (Fsp3) is 0.115. The second-order valence-electron chi connectivity index (χ2n) is 7.06. The van der Waals surface area contributed by atoms with Crippen molar-refractivity contribution in [3.63, 3.8) is 0 Å². The smallest absolute Gasteiger partial charge is 0.336 e. The van der Waals surface area contributed by atoms with Crippen LogP contribution >= 0.6 is 23.2 Å². The van der Waals surface area contributed by atoms with Gasteiger partial charge in [0.05, 0.1) is 11.2 Å². The molecule has 1 amide bonds. The molecule has 0 spiro atoms. The Labute approximate surface area is 207 Å². The van der Waals surface area contributed by atoms with Crippen molar-refractivity contribution in [2.24, 2.45) is 5.10 Å². The second kappa shape index (κ2) is 12.6. The van der Waals surface area contributed by atoms with E-state index in [1.165, 1.54) is 12.3 Å². The number of carbonyl (C=O) groups excluding carboxylic acids is 2. The lowest BCUT2D eigenvalue weighted by molar-refractivity contribution is -0.129. The molecule has 0 aromatic heterocycles. The van der Waals surface area contributed by atoms with E-state index in [1.54, 1.807) is 48.5 Å². The number of hydrogen-bond donors (Lipinski definition) is 1. The quantitative estimate of drug-likeness (QED) is 0.131. The first-order valence-electron chi connectivity index (χ1n) is 10.4. The molecule has 0 bridgehead atoms. The summed E-state index contributed by atoms with van der Waals surface area (Å²) in [6, 6.07) is 20.9. The van der Waals surface area contributed by atoms with Gasteiger partial charge in [-0.2, -0.15) is 5.10 Å². The summed E-state index contributed by atoms with van der Waals surface area (Å²) in [6.07, 6.45) is 4.16. The van der Waals surface area contributed by atoms with Crippen molar-refractivity contribution in [3.8, 4) is 11.5 Å². The van der Waals surface area contributed by atoms with E-state index in [4.69, 9.17) is 32.7 Å². The number of rotatable bonds is 9. The highest BCUT2D eigenvalue weighted by molar-refractivity contribution is 6.35. The van der Waals surface area contributed by atoms with Crippen molar-refractivity contribution in [1.82, 2.24) is 5.43 Å². The first-order valence-corrected chi connectivity index (χ1v) is 11.2. The Kier molecular flexibility index (Phi) is 9.26. The van der Waals surface area contributed by atoms with E-state index in [1.807, 2.05) is 37.3 Å². The van der Waals surface area contributed by atoms with Crippen molar-refractivity contribution >= 4 is 47.4 Å². The van der Waals surface area contributed by atoms with Crippen LogP contribution < -0.4 is 14.9 Å². The molecule has 6 nitrogen and oxygen atoms in total. The first kappa shape index (κ1) is 25.0. The number of nitrogens with zero attached hydrogens (tertiary/aromatic N) is 1.